The quantitative estimate of drug-likeness (QED) is 0.721. The van der Waals surface area contributed by atoms with Gasteiger partial charge in [0.1, 0.15) is 5.82 Å². The van der Waals surface area contributed by atoms with Crippen molar-refractivity contribution in [1.82, 2.24) is 10.6 Å². The molecule has 0 aliphatic heterocycles. The van der Waals surface area contributed by atoms with Crippen LogP contribution in [-0.2, 0) is 16.1 Å². The van der Waals surface area contributed by atoms with Crippen LogP contribution >= 0.6 is 0 Å². The third-order valence-corrected chi connectivity index (χ3v) is 3.68. The van der Waals surface area contributed by atoms with Crippen molar-refractivity contribution < 1.29 is 19.1 Å². The van der Waals surface area contributed by atoms with Crippen molar-refractivity contribution in [3.8, 4) is 0 Å². The molecule has 5 nitrogen and oxygen atoms in total. The zero-order valence-electron chi connectivity index (χ0n) is 11.7. The van der Waals surface area contributed by atoms with Gasteiger partial charge in [-0.15, -0.1) is 0 Å². The monoisotopic (exact) mass is 294 g/mol. The van der Waals surface area contributed by atoms with Crippen LogP contribution in [0.1, 0.15) is 31.2 Å². The summed E-state index contributed by atoms with van der Waals surface area (Å²) in [5.74, 6) is -1.88. The maximum absolute atomic E-state index is 12.7. The Morgan fingerprint density at radius 3 is 2.29 bits per heavy atom. The smallest absolute Gasteiger partial charge is 0.309 e. The van der Waals surface area contributed by atoms with Crippen LogP contribution in [0.15, 0.2) is 24.3 Å². The van der Waals surface area contributed by atoms with Gasteiger partial charge in [-0.25, -0.2) is 4.39 Å². The van der Waals surface area contributed by atoms with Crippen molar-refractivity contribution in [2.24, 2.45) is 0 Å². The standard InChI is InChI=1S/C15H19FN2O3/c16-12-5-3-11(4-6-12)9-17-13(19)14(20)18-10-15(21)7-1-2-8-15/h3-6,21H,1-2,7-10H2,(H,17,19)(H,18,20). The molecule has 0 bridgehead atoms. The minimum absolute atomic E-state index is 0.0931. The highest BCUT2D eigenvalue weighted by Crippen LogP contribution is 2.28. The number of carbonyl (C=O) groups is 2. The summed E-state index contributed by atoms with van der Waals surface area (Å²) in [5, 5.41) is 15.0. The molecule has 0 radical (unpaired) electrons. The molecule has 0 saturated heterocycles. The summed E-state index contributed by atoms with van der Waals surface area (Å²) in [5.41, 5.74) is -0.181. The lowest BCUT2D eigenvalue weighted by Crippen LogP contribution is -2.46. The van der Waals surface area contributed by atoms with E-state index < -0.39 is 17.4 Å². The summed E-state index contributed by atoms with van der Waals surface area (Å²) < 4.78 is 12.7. The molecule has 1 aromatic rings. The summed E-state index contributed by atoms with van der Waals surface area (Å²) >= 11 is 0. The zero-order chi connectivity index (χ0) is 15.3. The number of carbonyl (C=O) groups excluding carboxylic acids is 2. The van der Waals surface area contributed by atoms with E-state index in [0.29, 0.717) is 18.4 Å². The van der Waals surface area contributed by atoms with Crippen molar-refractivity contribution in [3.05, 3.63) is 35.6 Å². The molecule has 0 spiro atoms. The van der Waals surface area contributed by atoms with E-state index in [-0.39, 0.29) is 18.9 Å². The first-order valence-corrected chi connectivity index (χ1v) is 7.01. The lowest BCUT2D eigenvalue weighted by Gasteiger charge is -2.22. The Morgan fingerprint density at radius 2 is 1.67 bits per heavy atom. The number of nitrogens with one attached hydrogen (secondary N) is 2. The number of amides is 2. The fraction of sp³-hybridized carbons (Fsp3) is 0.467. The molecule has 2 rings (SSSR count). The van der Waals surface area contributed by atoms with Crippen LogP contribution in [0.4, 0.5) is 4.39 Å². The Kier molecular flexibility index (Phi) is 4.90. The van der Waals surface area contributed by atoms with Crippen molar-refractivity contribution >= 4 is 11.8 Å². The Morgan fingerprint density at radius 1 is 1.10 bits per heavy atom. The molecule has 1 fully saturated rings. The molecule has 1 aliphatic carbocycles. The molecule has 3 N–H and O–H groups in total. The fourth-order valence-corrected chi connectivity index (χ4v) is 2.40. The number of hydrogen-bond acceptors (Lipinski definition) is 3. The van der Waals surface area contributed by atoms with Crippen LogP contribution in [0.3, 0.4) is 0 Å². The minimum atomic E-state index is -0.882. The zero-order valence-corrected chi connectivity index (χ0v) is 11.7. The van der Waals surface area contributed by atoms with Gasteiger partial charge in [0.2, 0.25) is 0 Å². The van der Waals surface area contributed by atoms with E-state index in [2.05, 4.69) is 10.6 Å². The second-order valence-corrected chi connectivity index (χ2v) is 5.42. The molecule has 6 heteroatoms. The van der Waals surface area contributed by atoms with Gasteiger partial charge in [-0.05, 0) is 30.5 Å². The van der Waals surface area contributed by atoms with Crippen molar-refractivity contribution in [2.45, 2.75) is 37.8 Å². The SMILES string of the molecule is O=C(NCc1ccc(F)cc1)C(=O)NCC1(O)CCCC1. The Bertz CT molecular complexity index is 510. The maximum Gasteiger partial charge on any atom is 0.309 e. The Labute approximate surface area is 122 Å². The summed E-state index contributed by atoms with van der Waals surface area (Å²) in [4.78, 5) is 23.2. The third-order valence-electron chi connectivity index (χ3n) is 3.68. The van der Waals surface area contributed by atoms with Crippen LogP contribution in [0.25, 0.3) is 0 Å². The molecule has 1 aliphatic rings. The first-order chi connectivity index (χ1) is 9.98. The molecule has 2 amide bonds. The van der Waals surface area contributed by atoms with Gasteiger partial charge < -0.3 is 15.7 Å². The molecule has 114 valence electrons. The van der Waals surface area contributed by atoms with Gasteiger partial charge in [-0.2, -0.15) is 0 Å². The van der Waals surface area contributed by atoms with Gasteiger partial charge in [0, 0.05) is 13.1 Å². The highest BCUT2D eigenvalue weighted by molar-refractivity contribution is 6.35. The second-order valence-electron chi connectivity index (χ2n) is 5.42. The highest BCUT2D eigenvalue weighted by atomic mass is 19.1. The van der Waals surface area contributed by atoms with Crippen molar-refractivity contribution in [1.29, 1.82) is 0 Å². The van der Waals surface area contributed by atoms with Gasteiger partial charge in [0.05, 0.1) is 5.60 Å². The number of hydrogen-bond donors (Lipinski definition) is 3. The van der Waals surface area contributed by atoms with Gasteiger partial charge in [-0.3, -0.25) is 9.59 Å². The molecule has 0 unspecified atom stereocenters. The molecular weight excluding hydrogens is 275 g/mol. The van der Waals surface area contributed by atoms with Gasteiger partial charge >= 0.3 is 11.8 Å². The van der Waals surface area contributed by atoms with Gasteiger partial charge in [-0.1, -0.05) is 25.0 Å². The van der Waals surface area contributed by atoms with E-state index in [1.165, 1.54) is 24.3 Å². The van der Waals surface area contributed by atoms with Crippen LogP contribution in [-0.4, -0.2) is 29.1 Å². The summed E-state index contributed by atoms with van der Waals surface area (Å²) in [6, 6.07) is 5.65. The van der Waals surface area contributed by atoms with Crippen LogP contribution in [0.5, 0.6) is 0 Å². The Balaban J connectivity index is 1.74. The largest absolute Gasteiger partial charge is 0.388 e. The normalized spacial score (nSPS) is 16.5. The van der Waals surface area contributed by atoms with E-state index in [0.717, 1.165) is 12.8 Å². The average molecular weight is 294 g/mol. The summed E-state index contributed by atoms with van der Waals surface area (Å²) in [7, 11) is 0. The molecule has 0 heterocycles. The van der Waals surface area contributed by atoms with Gasteiger partial charge in [0.15, 0.2) is 0 Å². The lowest BCUT2D eigenvalue weighted by atomic mass is 10.0. The van der Waals surface area contributed by atoms with E-state index in [4.69, 9.17) is 0 Å². The number of halogens is 1. The van der Waals surface area contributed by atoms with Gasteiger partial charge in [0.25, 0.3) is 0 Å². The van der Waals surface area contributed by atoms with E-state index in [1.54, 1.807) is 0 Å². The molecular formula is C15H19FN2O3. The first kappa shape index (κ1) is 15.4. The number of rotatable bonds is 4. The fourth-order valence-electron chi connectivity index (χ4n) is 2.40. The van der Waals surface area contributed by atoms with E-state index in [1.807, 2.05) is 0 Å². The summed E-state index contributed by atoms with van der Waals surface area (Å²) in [6.45, 7) is 0.243. The topological polar surface area (TPSA) is 78.4 Å². The van der Waals surface area contributed by atoms with Crippen molar-refractivity contribution in [2.75, 3.05) is 6.54 Å². The first-order valence-electron chi connectivity index (χ1n) is 7.01. The average Bonchev–Trinajstić information content (AvgIpc) is 2.91. The number of benzene rings is 1. The number of aliphatic hydroxyl groups is 1. The third kappa shape index (κ3) is 4.53. The predicted octanol–water partition coefficient (Wildman–Crippen LogP) is 0.863. The maximum atomic E-state index is 12.7. The van der Waals surface area contributed by atoms with Crippen LogP contribution < -0.4 is 10.6 Å². The lowest BCUT2D eigenvalue weighted by molar-refractivity contribution is -0.139. The Hall–Kier alpha value is -1.95. The molecule has 0 aromatic heterocycles. The molecule has 1 saturated carbocycles. The predicted molar refractivity (Wildman–Crippen MR) is 74.7 cm³/mol. The molecule has 1 aromatic carbocycles. The second kappa shape index (κ2) is 6.67. The van der Waals surface area contributed by atoms with Crippen LogP contribution in [0.2, 0.25) is 0 Å². The highest BCUT2D eigenvalue weighted by Gasteiger charge is 2.31. The molecule has 0 atom stereocenters. The van der Waals surface area contributed by atoms with E-state index >= 15 is 0 Å². The van der Waals surface area contributed by atoms with E-state index in [9.17, 15) is 19.1 Å². The minimum Gasteiger partial charge on any atom is -0.388 e. The van der Waals surface area contributed by atoms with Crippen molar-refractivity contribution in [3.63, 3.8) is 0 Å². The van der Waals surface area contributed by atoms with Crippen LogP contribution in [0, 0.1) is 5.82 Å². The molecule has 21 heavy (non-hydrogen) atoms. The summed E-state index contributed by atoms with van der Waals surface area (Å²) in [6.07, 6.45) is 3.15.